The molecular weight excluding hydrogens is 424 g/mol. The van der Waals surface area contributed by atoms with Gasteiger partial charge >= 0.3 is 0 Å². The molecule has 0 unspecified atom stereocenters. The van der Waals surface area contributed by atoms with Crippen molar-refractivity contribution in [3.63, 3.8) is 0 Å². The molecule has 0 bridgehead atoms. The molecule has 2 aromatic heterocycles. The maximum atomic E-state index is 12.5. The number of anilines is 3. The van der Waals surface area contributed by atoms with E-state index in [1.807, 2.05) is 48.5 Å². The third kappa shape index (κ3) is 5.65. The Kier molecular flexibility index (Phi) is 6.69. The molecule has 0 aliphatic rings. The molecule has 0 spiro atoms. The van der Waals surface area contributed by atoms with Gasteiger partial charge in [-0.2, -0.15) is 0 Å². The minimum atomic E-state index is -3.60. The molecule has 0 amide bonds. The summed E-state index contributed by atoms with van der Waals surface area (Å²) in [6.07, 6.45) is 1.68. The monoisotopic (exact) mass is 446 g/mol. The highest BCUT2D eigenvalue weighted by atomic mass is 32.2. The van der Waals surface area contributed by atoms with Gasteiger partial charge in [0.05, 0.1) is 4.90 Å². The van der Waals surface area contributed by atoms with Crippen LogP contribution in [0.3, 0.4) is 0 Å². The van der Waals surface area contributed by atoms with E-state index in [1.165, 1.54) is 0 Å². The van der Waals surface area contributed by atoms with Crippen molar-refractivity contribution in [3.8, 4) is 11.1 Å². The second-order valence-electron chi connectivity index (χ2n) is 6.86. The summed E-state index contributed by atoms with van der Waals surface area (Å²) in [6, 6.07) is 25.7. The number of nitrogens with zero attached hydrogens (tertiary/aromatic N) is 3. The number of rotatable bonds is 9. The van der Waals surface area contributed by atoms with Gasteiger partial charge in [-0.1, -0.05) is 48.5 Å². The minimum Gasteiger partial charge on any atom is -0.367 e. The van der Waals surface area contributed by atoms with E-state index >= 15 is 0 Å². The topological polar surface area (TPSA) is 109 Å². The largest absolute Gasteiger partial charge is 0.367 e. The van der Waals surface area contributed by atoms with Crippen LogP contribution in [-0.2, 0) is 10.0 Å². The zero-order chi connectivity index (χ0) is 22.2. The van der Waals surface area contributed by atoms with E-state index in [0.717, 1.165) is 11.1 Å². The van der Waals surface area contributed by atoms with E-state index < -0.39 is 10.0 Å². The Hall–Kier alpha value is -3.82. The van der Waals surface area contributed by atoms with Crippen LogP contribution in [0.15, 0.2) is 96.0 Å². The van der Waals surface area contributed by atoms with Gasteiger partial charge < -0.3 is 10.6 Å². The van der Waals surface area contributed by atoms with Gasteiger partial charge in [-0.25, -0.2) is 18.1 Å². The summed E-state index contributed by atoms with van der Waals surface area (Å²) >= 11 is 0. The van der Waals surface area contributed by atoms with Crippen molar-refractivity contribution in [1.82, 2.24) is 19.9 Å². The van der Waals surface area contributed by atoms with Crippen molar-refractivity contribution in [2.75, 3.05) is 23.7 Å². The van der Waals surface area contributed by atoms with E-state index in [1.54, 1.807) is 42.6 Å². The summed E-state index contributed by atoms with van der Waals surface area (Å²) in [5.74, 6) is 1.78. The molecule has 4 aromatic rings. The third-order valence-corrected chi connectivity index (χ3v) is 6.06. The van der Waals surface area contributed by atoms with E-state index in [4.69, 9.17) is 0 Å². The highest BCUT2D eigenvalue weighted by molar-refractivity contribution is 7.89. The molecule has 0 aliphatic heterocycles. The van der Waals surface area contributed by atoms with Crippen molar-refractivity contribution in [3.05, 3.63) is 91.1 Å². The fourth-order valence-electron chi connectivity index (χ4n) is 2.98. The normalized spacial score (nSPS) is 11.1. The molecule has 2 heterocycles. The SMILES string of the molecule is O=S(=O)(NCCNc1ccc(Nc2ccccn2)nn1)c1ccc(-c2ccccc2)cc1. The number of hydrogen-bond acceptors (Lipinski definition) is 7. The zero-order valence-electron chi connectivity index (χ0n) is 17.1. The molecule has 0 atom stereocenters. The van der Waals surface area contributed by atoms with E-state index in [0.29, 0.717) is 24.0 Å². The Morgan fingerprint density at radius 2 is 1.34 bits per heavy atom. The van der Waals surface area contributed by atoms with Crippen LogP contribution in [0.4, 0.5) is 17.5 Å². The molecule has 162 valence electrons. The van der Waals surface area contributed by atoms with Crippen LogP contribution in [-0.4, -0.2) is 36.7 Å². The molecule has 8 nitrogen and oxygen atoms in total. The summed E-state index contributed by atoms with van der Waals surface area (Å²) in [5, 5.41) is 14.2. The molecular formula is C23H22N6O2S. The van der Waals surface area contributed by atoms with Gasteiger partial charge in [0.25, 0.3) is 0 Å². The van der Waals surface area contributed by atoms with Crippen LogP contribution in [0.5, 0.6) is 0 Å². The van der Waals surface area contributed by atoms with Crippen molar-refractivity contribution in [1.29, 1.82) is 0 Å². The first kappa shape index (κ1) is 21.4. The molecule has 9 heteroatoms. The molecule has 3 N–H and O–H groups in total. The number of aromatic nitrogens is 3. The molecule has 2 aromatic carbocycles. The lowest BCUT2D eigenvalue weighted by Crippen LogP contribution is -2.29. The quantitative estimate of drug-likeness (QED) is 0.337. The first-order valence-electron chi connectivity index (χ1n) is 10.0. The Morgan fingerprint density at radius 1 is 0.656 bits per heavy atom. The number of pyridine rings is 1. The number of sulfonamides is 1. The second-order valence-corrected chi connectivity index (χ2v) is 8.63. The summed E-state index contributed by atoms with van der Waals surface area (Å²) in [4.78, 5) is 4.39. The molecule has 0 saturated carbocycles. The Labute approximate surface area is 186 Å². The Bertz CT molecular complexity index is 1230. The average molecular weight is 447 g/mol. The van der Waals surface area contributed by atoms with Crippen molar-refractivity contribution in [2.24, 2.45) is 0 Å². The first-order valence-corrected chi connectivity index (χ1v) is 11.5. The van der Waals surface area contributed by atoms with E-state index in [-0.39, 0.29) is 11.4 Å². The maximum Gasteiger partial charge on any atom is 0.240 e. The lowest BCUT2D eigenvalue weighted by atomic mass is 10.1. The fraction of sp³-hybridized carbons (Fsp3) is 0.0870. The van der Waals surface area contributed by atoms with Crippen LogP contribution < -0.4 is 15.4 Å². The van der Waals surface area contributed by atoms with Crippen LogP contribution in [0.2, 0.25) is 0 Å². The minimum absolute atomic E-state index is 0.207. The fourth-order valence-corrected chi connectivity index (χ4v) is 4.01. The standard InChI is InChI=1S/C23H22N6O2S/c30-32(31,20-11-9-19(10-12-20)18-6-2-1-3-7-18)26-17-16-25-22-13-14-23(29-28-22)27-21-8-4-5-15-24-21/h1-15,26H,16-17H2,(H,25,28)(H,24,27,29). The summed E-state index contributed by atoms with van der Waals surface area (Å²) in [5.41, 5.74) is 2.00. The molecule has 0 saturated heterocycles. The Balaban J connectivity index is 1.26. The number of benzene rings is 2. The summed E-state index contributed by atoms with van der Waals surface area (Å²) < 4.78 is 27.6. The molecule has 4 rings (SSSR count). The van der Waals surface area contributed by atoms with Gasteiger partial charge in [0.1, 0.15) is 11.6 Å². The van der Waals surface area contributed by atoms with Gasteiger partial charge in [0.2, 0.25) is 10.0 Å². The van der Waals surface area contributed by atoms with Crippen LogP contribution >= 0.6 is 0 Å². The molecule has 0 fully saturated rings. The van der Waals surface area contributed by atoms with E-state index in [9.17, 15) is 8.42 Å². The maximum absolute atomic E-state index is 12.5. The van der Waals surface area contributed by atoms with Gasteiger partial charge in [-0.3, -0.25) is 0 Å². The molecule has 0 aliphatic carbocycles. The Morgan fingerprint density at radius 3 is 2.03 bits per heavy atom. The van der Waals surface area contributed by atoms with Gasteiger partial charge in [0.15, 0.2) is 5.82 Å². The van der Waals surface area contributed by atoms with Crippen LogP contribution in [0, 0.1) is 0 Å². The third-order valence-electron chi connectivity index (χ3n) is 4.58. The number of hydrogen-bond donors (Lipinski definition) is 3. The predicted octanol–water partition coefficient (Wildman–Crippen LogP) is 3.67. The van der Waals surface area contributed by atoms with Crippen LogP contribution in [0.25, 0.3) is 11.1 Å². The zero-order valence-corrected chi connectivity index (χ0v) is 18.0. The van der Waals surface area contributed by atoms with Gasteiger partial charge in [0, 0.05) is 19.3 Å². The highest BCUT2D eigenvalue weighted by Crippen LogP contribution is 2.20. The van der Waals surface area contributed by atoms with Gasteiger partial charge in [-0.15, -0.1) is 10.2 Å². The predicted molar refractivity (Wildman–Crippen MR) is 125 cm³/mol. The van der Waals surface area contributed by atoms with Crippen molar-refractivity contribution in [2.45, 2.75) is 4.90 Å². The van der Waals surface area contributed by atoms with E-state index in [2.05, 4.69) is 30.5 Å². The lowest BCUT2D eigenvalue weighted by molar-refractivity contribution is 0.583. The van der Waals surface area contributed by atoms with Gasteiger partial charge in [-0.05, 0) is 47.5 Å². The molecule has 0 radical (unpaired) electrons. The first-order chi connectivity index (χ1) is 15.6. The number of nitrogens with one attached hydrogen (secondary N) is 3. The lowest BCUT2D eigenvalue weighted by Gasteiger charge is -2.09. The molecule has 32 heavy (non-hydrogen) atoms. The van der Waals surface area contributed by atoms with Crippen LogP contribution in [0.1, 0.15) is 0 Å². The summed E-state index contributed by atoms with van der Waals surface area (Å²) in [7, 11) is -3.60. The average Bonchev–Trinajstić information content (AvgIpc) is 2.84. The smallest absolute Gasteiger partial charge is 0.240 e. The second kappa shape index (κ2) is 9.99. The summed E-state index contributed by atoms with van der Waals surface area (Å²) in [6.45, 7) is 0.571. The van der Waals surface area contributed by atoms with Crippen molar-refractivity contribution < 1.29 is 8.42 Å². The highest BCUT2D eigenvalue weighted by Gasteiger charge is 2.13. The van der Waals surface area contributed by atoms with Crippen molar-refractivity contribution >= 4 is 27.5 Å².